The van der Waals surface area contributed by atoms with Gasteiger partial charge in [-0.05, 0) is 28.1 Å². The molecule has 0 saturated carbocycles. The number of amides is 1. The molecule has 4 nitrogen and oxygen atoms in total. The maximum absolute atomic E-state index is 13.3. The van der Waals surface area contributed by atoms with Crippen molar-refractivity contribution in [2.24, 2.45) is 0 Å². The molecule has 1 aromatic rings. The number of ketones is 1. The molecule has 2 rings (SSSR count). The zero-order chi connectivity index (χ0) is 11.9. The molecule has 0 bridgehead atoms. The molecular formula is C10H5BrFNO3. The van der Waals surface area contributed by atoms with Crippen LogP contribution in [0.2, 0.25) is 0 Å². The lowest BCUT2D eigenvalue weighted by atomic mass is 10.1. The molecule has 1 aliphatic rings. The zero-order valence-corrected chi connectivity index (χ0v) is 9.45. The highest BCUT2D eigenvalue weighted by Crippen LogP contribution is 2.32. The van der Waals surface area contributed by atoms with E-state index in [9.17, 15) is 18.8 Å². The summed E-state index contributed by atoms with van der Waals surface area (Å²) in [7, 11) is 0. The average molecular weight is 286 g/mol. The first-order chi connectivity index (χ1) is 7.56. The van der Waals surface area contributed by atoms with Crippen molar-refractivity contribution in [3.8, 4) is 0 Å². The molecule has 0 N–H and O–H groups in total. The minimum Gasteiger partial charge on any atom is -0.301 e. The number of Topliss-reactive ketones (excluding diaryl/α,β-unsaturated/α-hetero) is 1. The Labute approximate surface area is 98.2 Å². The molecule has 1 aromatic carbocycles. The van der Waals surface area contributed by atoms with E-state index in [0.29, 0.717) is 6.29 Å². The lowest BCUT2D eigenvalue weighted by molar-refractivity contribution is -0.115. The van der Waals surface area contributed by atoms with Gasteiger partial charge < -0.3 is 4.79 Å². The highest BCUT2D eigenvalue weighted by molar-refractivity contribution is 9.10. The van der Waals surface area contributed by atoms with Crippen LogP contribution in [0.3, 0.4) is 0 Å². The predicted molar refractivity (Wildman–Crippen MR) is 56.8 cm³/mol. The Bertz CT molecular complexity index is 515. The molecule has 0 atom stereocenters. The largest absolute Gasteiger partial charge is 0.301 e. The Balaban J connectivity index is 2.61. The molecule has 16 heavy (non-hydrogen) atoms. The Morgan fingerprint density at radius 2 is 2.06 bits per heavy atom. The number of carbonyl (C=O) groups excluding carboxylic acids is 3. The van der Waals surface area contributed by atoms with Gasteiger partial charge in [0.2, 0.25) is 0 Å². The van der Waals surface area contributed by atoms with Gasteiger partial charge in [0.15, 0.2) is 0 Å². The summed E-state index contributed by atoms with van der Waals surface area (Å²) >= 11 is 2.93. The van der Waals surface area contributed by atoms with Gasteiger partial charge in [0.25, 0.3) is 11.7 Å². The van der Waals surface area contributed by atoms with Crippen molar-refractivity contribution in [1.82, 2.24) is 0 Å². The lowest BCUT2D eigenvalue weighted by Crippen LogP contribution is -2.31. The van der Waals surface area contributed by atoms with E-state index in [1.807, 2.05) is 0 Å². The van der Waals surface area contributed by atoms with E-state index in [-0.39, 0.29) is 22.3 Å². The van der Waals surface area contributed by atoms with Gasteiger partial charge in [-0.3, -0.25) is 14.5 Å². The fourth-order valence-electron chi connectivity index (χ4n) is 1.54. The van der Waals surface area contributed by atoms with Crippen LogP contribution >= 0.6 is 15.9 Å². The second kappa shape index (κ2) is 3.79. The van der Waals surface area contributed by atoms with Crippen molar-refractivity contribution in [2.75, 3.05) is 11.4 Å². The van der Waals surface area contributed by atoms with E-state index in [1.165, 1.54) is 6.07 Å². The predicted octanol–water partition coefficient (Wildman–Crippen LogP) is 1.32. The van der Waals surface area contributed by atoms with E-state index >= 15 is 0 Å². The van der Waals surface area contributed by atoms with Gasteiger partial charge in [0, 0.05) is 0 Å². The molecule has 0 saturated heterocycles. The molecule has 0 radical (unpaired) electrons. The normalized spacial score (nSPS) is 14.2. The van der Waals surface area contributed by atoms with Crippen LogP contribution in [0, 0.1) is 5.82 Å². The summed E-state index contributed by atoms with van der Waals surface area (Å²) in [6.07, 6.45) is 0.486. The first-order valence-electron chi connectivity index (χ1n) is 4.35. The third-order valence-electron chi connectivity index (χ3n) is 2.27. The minimum absolute atomic E-state index is 0.111. The Kier molecular flexibility index (Phi) is 2.59. The number of nitrogens with zero attached hydrogens (tertiary/aromatic N) is 1. The second-order valence-corrected chi connectivity index (χ2v) is 4.05. The first-order valence-corrected chi connectivity index (χ1v) is 5.14. The summed E-state index contributed by atoms with van der Waals surface area (Å²) < 4.78 is 13.4. The summed E-state index contributed by atoms with van der Waals surface area (Å²) in [5.41, 5.74) is 0.253. The third-order valence-corrected chi connectivity index (χ3v) is 2.88. The van der Waals surface area contributed by atoms with Crippen molar-refractivity contribution in [1.29, 1.82) is 0 Å². The summed E-state index contributed by atoms with van der Waals surface area (Å²) in [4.78, 5) is 34.3. The van der Waals surface area contributed by atoms with Gasteiger partial charge in [-0.2, -0.15) is 0 Å². The van der Waals surface area contributed by atoms with Crippen LogP contribution in [0.15, 0.2) is 16.6 Å². The second-order valence-electron chi connectivity index (χ2n) is 3.20. The molecular weight excluding hydrogens is 281 g/mol. The molecule has 0 spiro atoms. The molecule has 0 aliphatic carbocycles. The monoisotopic (exact) mass is 285 g/mol. The first kappa shape index (κ1) is 10.9. The summed E-state index contributed by atoms with van der Waals surface area (Å²) in [5, 5.41) is 0. The maximum Gasteiger partial charge on any atom is 0.299 e. The number of rotatable bonds is 2. The van der Waals surface area contributed by atoms with Crippen LogP contribution in [0.5, 0.6) is 0 Å². The molecule has 82 valence electrons. The Morgan fingerprint density at radius 3 is 2.69 bits per heavy atom. The van der Waals surface area contributed by atoms with Crippen LogP contribution in [0.1, 0.15) is 10.4 Å². The van der Waals surface area contributed by atoms with Crippen molar-refractivity contribution in [2.45, 2.75) is 0 Å². The van der Waals surface area contributed by atoms with E-state index < -0.39 is 17.5 Å². The fourth-order valence-corrected chi connectivity index (χ4v) is 1.89. The van der Waals surface area contributed by atoms with Crippen molar-refractivity contribution >= 4 is 39.6 Å². The van der Waals surface area contributed by atoms with Gasteiger partial charge in [0.1, 0.15) is 12.1 Å². The summed E-state index contributed by atoms with van der Waals surface area (Å²) in [6, 6.07) is 2.31. The standard InChI is InChI=1S/C10H5BrFNO3/c11-6-3-5-8(4-7(6)12)13(1-2-14)10(16)9(5)15/h2-4H,1H2. The van der Waals surface area contributed by atoms with Crippen LogP contribution in [0.25, 0.3) is 0 Å². The van der Waals surface area contributed by atoms with Crippen LogP contribution in [-0.2, 0) is 9.59 Å². The molecule has 0 unspecified atom stereocenters. The number of hydrogen-bond acceptors (Lipinski definition) is 3. The third kappa shape index (κ3) is 1.46. The zero-order valence-electron chi connectivity index (χ0n) is 7.87. The minimum atomic E-state index is -0.806. The van der Waals surface area contributed by atoms with Crippen LogP contribution in [-0.4, -0.2) is 24.5 Å². The van der Waals surface area contributed by atoms with E-state index in [2.05, 4.69) is 15.9 Å². The van der Waals surface area contributed by atoms with Gasteiger partial charge >= 0.3 is 0 Å². The fraction of sp³-hybridized carbons (Fsp3) is 0.100. The molecule has 0 aromatic heterocycles. The quantitative estimate of drug-likeness (QED) is 0.608. The number of halogens is 2. The van der Waals surface area contributed by atoms with E-state index in [4.69, 9.17) is 0 Å². The highest BCUT2D eigenvalue weighted by atomic mass is 79.9. The highest BCUT2D eigenvalue weighted by Gasteiger charge is 2.36. The van der Waals surface area contributed by atoms with Crippen molar-refractivity contribution in [3.63, 3.8) is 0 Å². The number of benzene rings is 1. The Morgan fingerprint density at radius 1 is 1.38 bits per heavy atom. The van der Waals surface area contributed by atoms with Gasteiger partial charge in [-0.25, -0.2) is 4.39 Å². The van der Waals surface area contributed by atoms with Crippen molar-refractivity contribution in [3.05, 3.63) is 28.0 Å². The molecule has 1 aliphatic heterocycles. The summed E-state index contributed by atoms with van der Waals surface area (Å²) in [6.45, 7) is -0.251. The smallest absolute Gasteiger partial charge is 0.299 e. The number of aldehydes is 1. The molecule has 6 heteroatoms. The lowest BCUT2D eigenvalue weighted by Gasteiger charge is -2.12. The van der Waals surface area contributed by atoms with Gasteiger partial charge in [-0.15, -0.1) is 0 Å². The van der Waals surface area contributed by atoms with Crippen LogP contribution in [0.4, 0.5) is 10.1 Å². The van der Waals surface area contributed by atoms with Gasteiger partial charge in [-0.1, -0.05) is 0 Å². The number of fused-ring (bicyclic) bond motifs is 1. The van der Waals surface area contributed by atoms with E-state index in [0.717, 1.165) is 11.0 Å². The van der Waals surface area contributed by atoms with Crippen LogP contribution < -0.4 is 4.90 Å². The maximum atomic E-state index is 13.3. The van der Waals surface area contributed by atoms with Crippen molar-refractivity contribution < 1.29 is 18.8 Å². The number of hydrogen-bond donors (Lipinski definition) is 0. The topological polar surface area (TPSA) is 54.5 Å². The molecule has 1 heterocycles. The number of anilines is 1. The SMILES string of the molecule is O=CCN1C(=O)C(=O)c2cc(Br)c(F)cc21. The molecule has 1 amide bonds. The average Bonchev–Trinajstić information content (AvgIpc) is 2.46. The summed E-state index contributed by atoms with van der Waals surface area (Å²) in [5.74, 6) is -2.12. The Hall–Kier alpha value is -1.56. The van der Waals surface area contributed by atoms with Gasteiger partial charge in [0.05, 0.1) is 22.3 Å². The van der Waals surface area contributed by atoms with E-state index in [1.54, 1.807) is 0 Å². The molecule has 0 fully saturated rings. The number of carbonyl (C=O) groups is 3.